The van der Waals surface area contributed by atoms with E-state index >= 15 is 0 Å². The summed E-state index contributed by atoms with van der Waals surface area (Å²) in [4.78, 5) is 0. The van der Waals surface area contributed by atoms with Gasteiger partial charge < -0.3 is 9.88 Å². The molecule has 0 unspecified atom stereocenters. The Morgan fingerprint density at radius 2 is 1.30 bits per heavy atom. The van der Waals surface area contributed by atoms with Crippen LogP contribution in [-0.2, 0) is 0 Å². The van der Waals surface area contributed by atoms with Crippen LogP contribution in [-0.4, -0.2) is 4.57 Å². The predicted octanol–water partition coefficient (Wildman–Crippen LogP) is 6.84. The van der Waals surface area contributed by atoms with E-state index in [-0.39, 0.29) is 0 Å². The third-order valence-corrected chi connectivity index (χ3v) is 5.17. The van der Waals surface area contributed by atoms with E-state index in [0.717, 1.165) is 11.4 Å². The number of fused-ring (bicyclic) bond motifs is 3. The third kappa shape index (κ3) is 2.58. The Hall–Kier alpha value is -3.52. The van der Waals surface area contributed by atoms with Crippen LogP contribution in [0.4, 0.5) is 11.4 Å². The summed E-state index contributed by atoms with van der Waals surface area (Å²) in [5.41, 5.74) is 7.17. The smallest absolute Gasteiger partial charge is 0.0545 e. The minimum Gasteiger partial charge on any atom is -0.355 e. The number of aryl methyl sites for hydroxylation is 1. The Morgan fingerprint density at radius 3 is 2.07 bits per heavy atom. The van der Waals surface area contributed by atoms with Gasteiger partial charge in [-0.05, 0) is 55.0 Å². The molecule has 0 bridgehead atoms. The van der Waals surface area contributed by atoms with Gasteiger partial charge in [0.15, 0.2) is 0 Å². The molecular weight excluding hydrogens is 328 g/mol. The minimum absolute atomic E-state index is 1.10. The normalized spacial score (nSPS) is 11.1. The summed E-state index contributed by atoms with van der Waals surface area (Å²) in [6.45, 7) is 2.20. The SMILES string of the molecule is Cc1c(Nc2ccccc2)ccc2c1c1ccccc1n2-c1ccccc1. The summed E-state index contributed by atoms with van der Waals surface area (Å²) < 4.78 is 2.35. The quantitative estimate of drug-likeness (QED) is 0.378. The fourth-order valence-electron chi connectivity index (χ4n) is 3.90. The zero-order valence-electron chi connectivity index (χ0n) is 15.2. The monoisotopic (exact) mass is 348 g/mol. The number of aromatic nitrogens is 1. The van der Waals surface area contributed by atoms with E-state index in [1.165, 1.54) is 33.1 Å². The second-order valence-electron chi connectivity index (χ2n) is 6.81. The molecule has 5 aromatic rings. The van der Waals surface area contributed by atoms with Gasteiger partial charge in [0, 0.05) is 27.8 Å². The second-order valence-corrected chi connectivity index (χ2v) is 6.81. The highest BCUT2D eigenvalue weighted by Gasteiger charge is 2.15. The van der Waals surface area contributed by atoms with Crippen LogP contribution in [0.5, 0.6) is 0 Å². The Kier molecular flexibility index (Phi) is 3.68. The fourth-order valence-corrected chi connectivity index (χ4v) is 3.90. The van der Waals surface area contributed by atoms with E-state index in [9.17, 15) is 0 Å². The lowest BCUT2D eigenvalue weighted by molar-refractivity contribution is 1.18. The van der Waals surface area contributed by atoms with Crippen molar-refractivity contribution in [3.05, 3.63) is 103 Å². The molecule has 0 radical (unpaired) electrons. The zero-order chi connectivity index (χ0) is 18.2. The molecule has 0 spiro atoms. The first-order chi connectivity index (χ1) is 13.3. The van der Waals surface area contributed by atoms with Crippen LogP contribution >= 0.6 is 0 Å². The van der Waals surface area contributed by atoms with Crippen LogP contribution in [0.2, 0.25) is 0 Å². The molecule has 0 aliphatic carbocycles. The highest BCUT2D eigenvalue weighted by molar-refractivity contribution is 6.12. The van der Waals surface area contributed by atoms with Gasteiger partial charge in [0.1, 0.15) is 0 Å². The van der Waals surface area contributed by atoms with Crippen LogP contribution in [0.25, 0.3) is 27.5 Å². The fraction of sp³-hybridized carbons (Fsp3) is 0.0400. The molecule has 0 saturated heterocycles. The van der Waals surface area contributed by atoms with E-state index in [1.807, 2.05) is 6.07 Å². The van der Waals surface area contributed by atoms with Gasteiger partial charge in [-0.15, -0.1) is 0 Å². The maximum atomic E-state index is 3.57. The summed E-state index contributed by atoms with van der Waals surface area (Å²) in [5.74, 6) is 0. The first kappa shape index (κ1) is 15.7. The Labute approximate surface area is 158 Å². The largest absolute Gasteiger partial charge is 0.355 e. The number of hydrogen-bond acceptors (Lipinski definition) is 1. The standard InChI is InChI=1S/C25H20N2/c1-18-22(26-19-10-4-2-5-11-19)16-17-24-25(18)21-14-8-9-15-23(21)27(24)20-12-6-3-7-13-20/h2-17,26H,1H3. The summed E-state index contributed by atoms with van der Waals surface area (Å²) in [7, 11) is 0. The van der Waals surface area contributed by atoms with Gasteiger partial charge in [0.25, 0.3) is 0 Å². The van der Waals surface area contributed by atoms with Gasteiger partial charge in [0.05, 0.1) is 11.0 Å². The molecule has 130 valence electrons. The Bertz CT molecular complexity index is 1240. The summed E-state index contributed by atoms with van der Waals surface area (Å²) in [6, 6.07) is 34.0. The van der Waals surface area contributed by atoms with Crippen molar-refractivity contribution in [1.29, 1.82) is 0 Å². The summed E-state index contributed by atoms with van der Waals surface area (Å²) in [5, 5.41) is 6.15. The van der Waals surface area contributed by atoms with E-state index in [4.69, 9.17) is 0 Å². The molecule has 2 heteroatoms. The van der Waals surface area contributed by atoms with Gasteiger partial charge in [-0.1, -0.05) is 54.6 Å². The molecular formula is C25H20N2. The van der Waals surface area contributed by atoms with Gasteiger partial charge in [-0.3, -0.25) is 0 Å². The average Bonchev–Trinajstić information content (AvgIpc) is 3.06. The van der Waals surface area contributed by atoms with E-state index in [1.54, 1.807) is 0 Å². The predicted molar refractivity (Wildman–Crippen MR) is 115 cm³/mol. The van der Waals surface area contributed by atoms with E-state index in [0.29, 0.717) is 0 Å². The molecule has 2 nitrogen and oxygen atoms in total. The molecule has 0 aliphatic rings. The molecule has 0 saturated carbocycles. The molecule has 1 heterocycles. The lowest BCUT2D eigenvalue weighted by atomic mass is 10.1. The van der Waals surface area contributed by atoms with Crippen LogP contribution in [0.15, 0.2) is 97.1 Å². The van der Waals surface area contributed by atoms with Gasteiger partial charge in [-0.2, -0.15) is 0 Å². The topological polar surface area (TPSA) is 17.0 Å². The number of benzene rings is 4. The number of hydrogen-bond donors (Lipinski definition) is 1. The van der Waals surface area contributed by atoms with Crippen LogP contribution in [0.1, 0.15) is 5.56 Å². The molecule has 4 aromatic carbocycles. The van der Waals surface area contributed by atoms with Crippen LogP contribution in [0.3, 0.4) is 0 Å². The number of nitrogens with zero attached hydrogens (tertiary/aromatic N) is 1. The first-order valence-electron chi connectivity index (χ1n) is 9.23. The van der Waals surface area contributed by atoms with Crippen molar-refractivity contribution >= 4 is 33.2 Å². The lowest BCUT2D eigenvalue weighted by Gasteiger charge is -2.12. The number of rotatable bonds is 3. The molecule has 1 N–H and O–H groups in total. The highest BCUT2D eigenvalue weighted by atomic mass is 15.0. The van der Waals surface area contributed by atoms with Crippen LogP contribution < -0.4 is 5.32 Å². The van der Waals surface area contributed by atoms with Gasteiger partial charge in [0.2, 0.25) is 0 Å². The third-order valence-electron chi connectivity index (χ3n) is 5.17. The summed E-state index contributed by atoms with van der Waals surface area (Å²) in [6.07, 6.45) is 0. The maximum absolute atomic E-state index is 3.57. The molecule has 1 aromatic heterocycles. The van der Waals surface area contributed by atoms with Crippen LogP contribution in [0, 0.1) is 6.92 Å². The van der Waals surface area contributed by atoms with Crippen molar-refractivity contribution in [3.63, 3.8) is 0 Å². The molecule has 0 atom stereocenters. The van der Waals surface area contributed by atoms with Crippen molar-refractivity contribution < 1.29 is 0 Å². The first-order valence-corrected chi connectivity index (χ1v) is 9.23. The average molecular weight is 348 g/mol. The minimum atomic E-state index is 1.10. The van der Waals surface area contributed by atoms with Crippen molar-refractivity contribution in [2.45, 2.75) is 6.92 Å². The number of nitrogens with one attached hydrogen (secondary N) is 1. The molecule has 0 aliphatic heterocycles. The van der Waals surface area contributed by atoms with Crippen molar-refractivity contribution in [2.24, 2.45) is 0 Å². The summed E-state index contributed by atoms with van der Waals surface area (Å²) >= 11 is 0. The molecule has 27 heavy (non-hydrogen) atoms. The second kappa shape index (κ2) is 6.33. The maximum Gasteiger partial charge on any atom is 0.0545 e. The Morgan fingerprint density at radius 1 is 0.630 bits per heavy atom. The number of para-hydroxylation sites is 3. The molecule has 0 fully saturated rings. The molecule has 5 rings (SSSR count). The highest BCUT2D eigenvalue weighted by Crippen LogP contribution is 2.37. The van der Waals surface area contributed by atoms with Crippen molar-refractivity contribution in [1.82, 2.24) is 4.57 Å². The lowest BCUT2D eigenvalue weighted by Crippen LogP contribution is -1.95. The van der Waals surface area contributed by atoms with Crippen molar-refractivity contribution in [2.75, 3.05) is 5.32 Å². The number of anilines is 2. The zero-order valence-corrected chi connectivity index (χ0v) is 15.2. The van der Waals surface area contributed by atoms with Gasteiger partial charge >= 0.3 is 0 Å². The van der Waals surface area contributed by atoms with E-state index < -0.39 is 0 Å². The van der Waals surface area contributed by atoms with Crippen molar-refractivity contribution in [3.8, 4) is 5.69 Å². The Balaban J connectivity index is 1.79. The van der Waals surface area contributed by atoms with E-state index in [2.05, 4.69) is 108 Å². The van der Waals surface area contributed by atoms with Gasteiger partial charge in [-0.25, -0.2) is 0 Å². The molecule has 0 amide bonds.